The number of allylic oxidation sites excluding steroid dienone is 1. The average Bonchev–Trinajstić information content (AvgIpc) is 2.28. The first kappa shape index (κ1) is 14.6. The molecule has 0 unspecified atom stereocenters. The zero-order valence-electron chi connectivity index (χ0n) is 12.1. The molecular weight excluding hydrogens is 224 g/mol. The maximum absolute atomic E-state index is 6.04. The van der Waals surface area contributed by atoms with Gasteiger partial charge in [-0.25, -0.2) is 0 Å². The predicted molar refractivity (Wildman–Crippen MR) is 76.3 cm³/mol. The van der Waals surface area contributed by atoms with Crippen molar-refractivity contribution in [2.24, 2.45) is 5.41 Å². The van der Waals surface area contributed by atoms with Crippen LogP contribution in [0.2, 0.25) is 0 Å². The summed E-state index contributed by atoms with van der Waals surface area (Å²) >= 11 is 0. The first-order valence-electron chi connectivity index (χ1n) is 6.25. The fraction of sp³-hybridized carbons (Fsp3) is 0.500. The third-order valence-corrected chi connectivity index (χ3v) is 2.89. The lowest BCUT2D eigenvalue weighted by Gasteiger charge is -2.33. The lowest BCUT2D eigenvalue weighted by atomic mass is 9.82. The summed E-state index contributed by atoms with van der Waals surface area (Å²) in [6.45, 7) is 12.4. The number of hydrogen-bond acceptors (Lipinski definition) is 2. The van der Waals surface area contributed by atoms with Crippen LogP contribution in [0, 0.1) is 5.41 Å². The number of ether oxygens (including phenoxy) is 2. The Balaban J connectivity index is 2.72. The Hall–Kier alpha value is -1.44. The van der Waals surface area contributed by atoms with Gasteiger partial charge in [0, 0.05) is 0 Å². The molecule has 0 spiro atoms. The van der Waals surface area contributed by atoms with Crippen LogP contribution in [-0.4, -0.2) is 12.7 Å². The molecule has 0 saturated heterocycles. The van der Waals surface area contributed by atoms with Crippen LogP contribution in [0.1, 0.15) is 34.1 Å². The third-order valence-electron chi connectivity index (χ3n) is 2.89. The molecule has 1 aromatic rings. The Labute approximate surface area is 111 Å². The highest BCUT2D eigenvalue weighted by Crippen LogP contribution is 2.32. The van der Waals surface area contributed by atoms with Gasteiger partial charge in [-0.3, -0.25) is 0 Å². The third kappa shape index (κ3) is 4.44. The molecule has 0 N–H and O–H groups in total. The van der Waals surface area contributed by atoms with Gasteiger partial charge in [-0.05, 0) is 49.9 Å². The molecule has 100 valence electrons. The minimum Gasteiger partial charge on any atom is -0.497 e. The molecule has 18 heavy (non-hydrogen) atoms. The summed E-state index contributed by atoms with van der Waals surface area (Å²) in [6, 6.07) is 7.68. The van der Waals surface area contributed by atoms with Crippen LogP contribution in [-0.2, 0) is 0 Å². The lowest BCUT2D eigenvalue weighted by molar-refractivity contribution is 0.0699. The molecule has 0 radical (unpaired) electrons. The zero-order chi connectivity index (χ0) is 13.8. The molecule has 0 aliphatic heterocycles. The SMILES string of the molecule is C=CC(C)(C)CC(C)(C)Oc1ccc(OC)cc1. The summed E-state index contributed by atoms with van der Waals surface area (Å²) in [4.78, 5) is 0. The van der Waals surface area contributed by atoms with Gasteiger partial charge >= 0.3 is 0 Å². The molecule has 1 aromatic carbocycles. The highest BCUT2D eigenvalue weighted by molar-refractivity contribution is 5.31. The van der Waals surface area contributed by atoms with Crippen molar-refractivity contribution in [3.05, 3.63) is 36.9 Å². The van der Waals surface area contributed by atoms with Gasteiger partial charge in [0.1, 0.15) is 17.1 Å². The summed E-state index contributed by atoms with van der Waals surface area (Å²) in [5.41, 5.74) is -0.164. The predicted octanol–water partition coefficient (Wildman–Crippen LogP) is 4.45. The van der Waals surface area contributed by atoms with E-state index in [0.717, 1.165) is 17.9 Å². The standard InChI is InChI=1S/C16H24O2/c1-7-15(2,3)12-16(4,5)18-14-10-8-13(17-6)9-11-14/h7-11H,1,12H2,2-6H3. The number of methoxy groups -OCH3 is 1. The first-order valence-corrected chi connectivity index (χ1v) is 6.25. The lowest BCUT2D eigenvalue weighted by Crippen LogP contribution is -2.33. The molecule has 0 atom stereocenters. The van der Waals surface area contributed by atoms with Crippen molar-refractivity contribution < 1.29 is 9.47 Å². The number of hydrogen-bond donors (Lipinski definition) is 0. The molecule has 0 aliphatic carbocycles. The minimum absolute atomic E-state index is 0.0654. The molecule has 0 aliphatic rings. The van der Waals surface area contributed by atoms with Crippen molar-refractivity contribution in [1.82, 2.24) is 0 Å². The van der Waals surface area contributed by atoms with E-state index in [4.69, 9.17) is 9.47 Å². The van der Waals surface area contributed by atoms with E-state index in [1.165, 1.54) is 0 Å². The molecule has 0 amide bonds. The van der Waals surface area contributed by atoms with Crippen LogP contribution >= 0.6 is 0 Å². The fourth-order valence-corrected chi connectivity index (χ4v) is 2.17. The topological polar surface area (TPSA) is 18.5 Å². The van der Waals surface area contributed by atoms with Crippen LogP contribution in [0.3, 0.4) is 0 Å². The summed E-state index contributed by atoms with van der Waals surface area (Å²) in [5.74, 6) is 1.70. The fourth-order valence-electron chi connectivity index (χ4n) is 2.17. The van der Waals surface area contributed by atoms with Gasteiger partial charge in [0.05, 0.1) is 7.11 Å². The minimum atomic E-state index is -0.230. The van der Waals surface area contributed by atoms with Gasteiger partial charge in [-0.1, -0.05) is 19.9 Å². The smallest absolute Gasteiger partial charge is 0.120 e. The van der Waals surface area contributed by atoms with Crippen LogP contribution in [0.4, 0.5) is 0 Å². The Morgan fingerprint density at radius 1 is 1.06 bits per heavy atom. The molecule has 2 heteroatoms. The van der Waals surface area contributed by atoms with Gasteiger partial charge in [-0.2, -0.15) is 0 Å². The van der Waals surface area contributed by atoms with Crippen LogP contribution in [0.5, 0.6) is 11.5 Å². The second-order valence-electron chi connectivity index (χ2n) is 5.91. The molecular formula is C16H24O2. The quantitative estimate of drug-likeness (QED) is 0.692. The highest BCUT2D eigenvalue weighted by Gasteiger charge is 2.28. The van der Waals surface area contributed by atoms with Gasteiger partial charge < -0.3 is 9.47 Å². The van der Waals surface area contributed by atoms with Gasteiger partial charge in [0.25, 0.3) is 0 Å². The second kappa shape index (κ2) is 5.47. The van der Waals surface area contributed by atoms with E-state index in [1.54, 1.807) is 7.11 Å². The molecule has 0 heterocycles. The van der Waals surface area contributed by atoms with E-state index >= 15 is 0 Å². The first-order chi connectivity index (χ1) is 8.28. The van der Waals surface area contributed by atoms with Crippen LogP contribution < -0.4 is 9.47 Å². The molecule has 1 rings (SSSR count). The zero-order valence-corrected chi connectivity index (χ0v) is 12.1. The van der Waals surface area contributed by atoms with Crippen molar-refractivity contribution in [2.75, 3.05) is 7.11 Å². The maximum atomic E-state index is 6.04. The van der Waals surface area contributed by atoms with E-state index in [0.29, 0.717) is 0 Å². The van der Waals surface area contributed by atoms with E-state index in [2.05, 4.69) is 34.3 Å². The summed E-state index contributed by atoms with van der Waals surface area (Å²) in [5, 5.41) is 0. The molecule has 0 saturated carbocycles. The van der Waals surface area contributed by atoms with E-state index in [9.17, 15) is 0 Å². The van der Waals surface area contributed by atoms with Crippen LogP contribution in [0.15, 0.2) is 36.9 Å². The molecule has 2 nitrogen and oxygen atoms in total. The number of benzene rings is 1. The number of rotatable bonds is 6. The summed E-state index contributed by atoms with van der Waals surface area (Å²) < 4.78 is 11.2. The van der Waals surface area contributed by atoms with Crippen molar-refractivity contribution in [1.29, 1.82) is 0 Å². The van der Waals surface area contributed by atoms with Gasteiger partial charge in [0.15, 0.2) is 0 Å². The van der Waals surface area contributed by atoms with E-state index in [1.807, 2.05) is 30.3 Å². The molecule has 0 fully saturated rings. The second-order valence-corrected chi connectivity index (χ2v) is 5.91. The van der Waals surface area contributed by atoms with Crippen molar-refractivity contribution >= 4 is 0 Å². The van der Waals surface area contributed by atoms with Crippen molar-refractivity contribution in [3.63, 3.8) is 0 Å². The Morgan fingerprint density at radius 3 is 2.00 bits per heavy atom. The van der Waals surface area contributed by atoms with E-state index in [-0.39, 0.29) is 11.0 Å². The van der Waals surface area contributed by atoms with E-state index < -0.39 is 0 Å². The summed E-state index contributed by atoms with van der Waals surface area (Å²) in [6.07, 6.45) is 2.89. The maximum Gasteiger partial charge on any atom is 0.120 e. The Morgan fingerprint density at radius 2 is 1.56 bits per heavy atom. The Kier molecular flexibility index (Phi) is 4.44. The van der Waals surface area contributed by atoms with Crippen LogP contribution in [0.25, 0.3) is 0 Å². The highest BCUT2D eigenvalue weighted by atomic mass is 16.5. The van der Waals surface area contributed by atoms with Crippen molar-refractivity contribution in [2.45, 2.75) is 39.7 Å². The average molecular weight is 248 g/mol. The molecule has 0 bridgehead atoms. The Bertz CT molecular complexity index is 388. The van der Waals surface area contributed by atoms with Gasteiger partial charge in [-0.15, -0.1) is 6.58 Å². The normalized spacial score (nSPS) is 12.1. The monoisotopic (exact) mass is 248 g/mol. The largest absolute Gasteiger partial charge is 0.497 e. The molecule has 0 aromatic heterocycles. The van der Waals surface area contributed by atoms with Gasteiger partial charge in [0.2, 0.25) is 0 Å². The summed E-state index contributed by atoms with van der Waals surface area (Å²) in [7, 11) is 1.66. The van der Waals surface area contributed by atoms with Crippen molar-refractivity contribution in [3.8, 4) is 11.5 Å².